The second-order valence-electron chi connectivity index (χ2n) is 12.5. The van der Waals surface area contributed by atoms with Gasteiger partial charge in [0, 0.05) is 19.2 Å². The summed E-state index contributed by atoms with van der Waals surface area (Å²) >= 11 is 0. The van der Waals surface area contributed by atoms with Crippen LogP contribution in [0, 0.1) is 10.1 Å². The average molecular weight is 581 g/mol. The second-order valence-corrected chi connectivity index (χ2v) is 12.5. The molecule has 0 aliphatic heterocycles. The van der Waals surface area contributed by atoms with Crippen LogP contribution >= 0.6 is 0 Å². The van der Waals surface area contributed by atoms with Crippen LogP contribution in [0.25, 0.3) is 12.2 Å². The number of nitro benzene ring substituents is 1. The van der Waals surface area contributed by atoms with Crippen LogP contribution in [-0.4, -0.2) is 54.7 Å². The minimum absolute atomic E-state index is 0.119. The first kappa shape index (κ1) is 35.0. The fourth-order valence-corrected chi connectivity index (χ4v) is 5.34. The van der Waals surface area contributed by atoms with Crippen molar-refractivity contribution < 1.29 is 19.3 Å². The molecule has 0 fully saturated rings. The summed E-state index contributed by atoms with van der Waals surface area (Å²) in [4.78, 5) is 25.9. The Labute approximate surface area is 254 Å². The number of carbonyl (C=O) groups is 1. The van der Waals surface area contributed by atoms with Gasteiger partial charge < -0.3 is 14.5 Å². The molecule has 0 amide bonds. The van der Waals surface area contributed by atoms with Gasteiger partial charge in [-0.15, -0.1) is 0 Å². The fraction of sp³-hybridized carbons (Fsp3) is 0.571. The van der Waals surface area contributed by atoms with Gasteiger partial charge in [-0.2, -0.15) is 0 Å². The first-order valence-electron chi connectivity index (χ1n) is 15.9. The lowest BCUT2D eigenvalue weighted by molar-refractivity contribution is -0.884. The number of hydrogen-bond acceptors (Lipinski definition) is 4. The molecular formula is C35H54N3O4+. The Morgan fingerprint density at radius 3 is 1.81 bits per heavy atom. The fourth-order valence-electron chi connectivity index (χ4n) is 5.34. The van der Waals surface area contributed by atoms with Gasteiger partial charge in [-0.25, -0.2) is 4.79 Å². The number of rotatable bonds is 21. The third kappa shape index (κ3) is 12.8. The van der Waals surface area contributed by atoms with Crippen LogP contribution < -0.4 is 4.90 Å². The number of carboxylic acids is 1. The zero-order valence-corrected chi connectivity index (χ0v) is 26.7. The van der Waals surface area contributed by atoms with E-state index in [-0.39, 0.29) is 10.6 Å². The molecule has 7 heteroatoms. The van der Waals surface area contributed by atoms with E-state index in [4.69, 9.17) is 0 Å². The van der Waals surface area contributed by atoms with Crippen molar-refractivity contribution in [1.29, 1.82) is 0 Å². The first-order chi connectivity index (χ1) is 20.1. The number of nitrogens with zero attached hydrogens (tertiary/aromatic N) is 3. The zero-order chi connectivity index (χ0) is 31.0. The van der Waals surface area contributed by atoms with Crippen molar-refractivity contribution in [3.8, 4) is 0 Å². The van der Waals surface area contributed by atoms with Gasteiger partial charge in [0.1, 0.15) is 6.54 Å². The molecule has 0 unspecified atom stereocenters. The Bertz CT molecular complexity index is 1140. The highest BCUT2D eigenvalue weighted by atomic mass is 16.6. The molecule has 0 bridgehead atoms. The molecule has 2 aromatic rings. The van der Waals surface area contributed by atoms with Crippen LogP contribution in [-0.2, 0) is 6.54 Å². The normalized spacial score (nSPS) is 11.7. The Balaban J connectivity index is 2.25. The maximum absolute atomic E-state index is 12.4. The van der Waals surface area contributed by atoms with Crippen molar-refractivity contribution in [2.24, 2.45) is 0 Å². The summed E-state index contributed by atoms with van der Waals surface area (Å²) in [6.45, 7) is 6.72. The molecule has 0 atom stereocenters. The summed E-state index contributed by atoms with van der Waals surface area (Å²) in [5, 5.41) is 21.7. The molecule has 0 aliphatic rings. The topological polar surface area (TPSA) is 83.7 Å². The Hall–Kier alpha value is -3.19. The van der Waals surface area contributed by atoms with Gasteiger partial charge in [0.05, 0.1) is 42.9 Å². The molecule has 0 radical (unpaired) electrons. The highest BCUT2D eigenvalue weighted by molar-refractivity contribution is 5.95. The van der Waals surface area contributed by atoms with Crippen LogP contribution in [0.1, 0.15) is 118 Å². The molecule has 1 N–H and O–H groups in total. The van der Waals surface area contributed by atoms with Gasteiger partial charge in [-0.1, -0.05) is 96.3 Å². The number of unbranched alkanes of at least 4 members (excludes halogenated alkanes) is 10. The zero-order valence-electron chi connectivity index (χ0n) is 26.7. The molecule has 2 aromatic carbocycles. The molecular weight excluding hydrogens is 526 g/mol. The minimum atomic E-state index is -0.920. The monoisotopic (exact) mass is 580 g/mol. The van der Waals surface area contributed by atoms with Crippen molar-refractivity contribution in [2.75, 3.05) is 39.1 Å². The van der Waals surface area contributed by atoms with E-state index < -0.39 is 5.97 Å². The molecule has 2 rings (SSSR count). The standard InChI is InChI=1S/C35H53N3O4/c1-6-8-10-12-14-16-24-36(25-17-15-13-11-9-7-2)34-23-21-30(27-32(34)35(39)40)19-18-29-20-22-33(37(41)42)31(26-29)28-38(3,4)5/h18-23,26-27H,6-17,24-25,28H2,1-5H3/p+1. The highest BCUT2D eigenvalue weighted by Crippen LogP contribution is 2.27. The molecule has 0 heterocycles. The average Bonchev–Trinajstić information content (AvgIpc) is 2.93. The number of carboxylic acid groups (broad SMARTS) is 1. The lowest BCUT2D eigenvalue weighted by Crippen LogP contribution is -2.33. The van der Waals surface area contributed by atoms with E-state index in [9.17, 15) is 20.0 Å². The maximum Gasteiger partial charge on any atom is 0.337 e. The largest absolute Gasteiger partial charge is 0.478 e. The van der Waals surface area contributed by atoms with Crippen LogP contribution in [0.5, 0.6) is 0 Å². The predicted molar refractivity (Wildman–Crippen MR) is 176 cm³/mol. The summed E-state index contributed by atoms with van der Waals surface area (Å²) < 4.78 is 0.575. The molecule has 7 nitrogen and oxygen atoms in total. The van der Waals surface area contributed by atoms with Crippen LogP contribution in [0.3, 0.4) is 0 Å². The molecule has 0 aliphatic carbocycles. The van der Waals surface area contributed by atoms with Crippen molar-refractivity contribution in [2.45, 2.75) is 97.4 Å². The van der Waals surface area contributed by atoms with E-state index in [2.05, 4.69) is 18.7 Å². The van der Waals surface area contributed by atoms with E-state index in [0.29, 0.717) is 22.2 Å². The Morgan fingerprint density at radius 2 is 1.31 bits per heavy atom. The molecule has 0 saturated carbocycles. The molecule has 0 spiro atoms. The first-order valence-corrected chi connectivity index (χ1v) is 15.9. The summed E-state index contributed by atoms with van der Waals surface area (Å²) in [6.07, 6.45) is 18.3. The Kier molecular flexibility index (Phi) is 15.3. The Morgan fingerprint density at radius 1 is 0.810 bits per heavy atom. The van der Waals surface area contributed by atoms with Crippen molar-refractivity contribution in [3.63, 3.8) is 0 Å². The third-order valence-corrected chi connectivity index (χ3v) is 7.57. The smallest absolute Gasteiger partial charge is 0.337 e. The number of aromatic carboxylic acids is 1. The summed E-state index contributed by atoms with van der Waals surface area (Å²) in [5.41, 5.74) is 3.55. The van der Waals surface area contributed by atoms with Gasteiger partial charge in [-0.05, 0) is 48.2 Å². The van der Waals surface area contributed by atoms with Crippen molar-refractivity contribution in [3.05, 3.63) is 68.8 Å². The summed E-state index contributed by atoms with van der Waals surface area (Å²) in [5.74, 6) is -0.920. The minimum Gasteiger partial charge on any atom is -0.478 e. The molecule has 0 saturated heterocycles. The lowest BCUT2D eigenvalue weighted by Gasteiger charge is -2.27. The van der Waals surface area contributed by atoms with Crippen molar-refractivity contribution in [1.82, 2.24) is 0 Å². The second kappa shape index (κ2) is 18.4. The third-order valence-electron chi connectivity index (χ3n) is 7.57. The van der Waals surface area contributed by atoms with E-state index in [1.54, 1.807) is 18.2 Å². The van der Waals surface area contributed by atoms with Crippen LogP contribution in [0.2, 0.25) is 0 Å². The van der Waals surface area contributed by atoms with Gasteiger partial charge in [0.15, 0.2) is 0 Å². The molecule has 0 aromatic heterocycles. The SMILES string of the molecule is CCCCCCCCN(CCCCCCCC)c1ccc(C=Cc2ccc([N+](=O)[O-])c(C[N+](C)(C)C)c2)cc1C(=O)O. The van der Waals surface area contributed by atoms with E-state index in [1.165, 1.54) is 64.2 Å². The maximum atomic E-state index is 12.4. The van der Waals surface area contributed by atoms with E-state index in [1.807, 2.05) is 51.5 Å². The van der Waals surface area contributed by atoms with Gasteiger partial charge in [-0.3, -0.25) is 10.1 Å². The van der Waals surface area contributed by atoms with Crippen molar-refractivity contribution >= 4 is 29.5 Å². The highest BCUT2D eigenvalue weighted by Gasteiger charge is 2.20. The van der Waals surface area contributed by atoms with E-state index >= 15 is 0 Å². The predicted octanol–water partition coefficient (Wildman–Crippen LogP) is 9.20. The number of quaternary nitrogens is 1. The number of hydrogen-bond donors (Lipinski definition) is 1. The van der Waals surface area contributed by atoms with Crippen LogP contribution in [0.15, 0.2) is 36.4 Å². The molecule has 232 valence electrons. The van der Waals surface area contributed by atoms with Crippen LogP contribution in [0.4, 0.5) is 11.4 Å². The van der Waals surface area contributed by atoms with E-state index in [0.717, 1.165) is 42.7 Å². The summed E-state index contributed by atoms with van der Waals surface area (Å²) in [7, 11) is 6.01. The lowest BCUT2D eigenvalue weighted by atomic mass is 10.0. The number of benzene rings is 2. The van der Waals surface area contributed by atoms with Gasteiger partial charge in [0.2, 0.25) is 0 Å². The number of anilines is 1. The van der Waals surface area contributed by atoms with Gasteiger partial charge in [0.25, 0.3) is 5.69 Å². The van der Waals surface area contributed by atoms with Gasteiger partial charge >= 0.3 is 5.97 Å². The molecule has 42 heavy (non-hydrogen) atoms. The number of nitro groups is 1. The quantitative estimate of drug-likeness (QED) is 0.0523. The summed E-state index contributed by atoms with van der Waals surface area (Å²) in [6, 6.07) is 10.8.